The summed E-state index contributed by atoms with van der Waals surface area (Å²) in [5.74, 6) is -1.95. The van der Waals surface area contributed by atoms with Crippen molar-refractivity contribution in [3.8, 4) is 0 Å². The summed E-state index contributed by atoms with van der Waals surface area (Å²) in [6, 6.07) is 4.03. The van der Waals surface area contributed by atoms with E-state index in [9.17, 15) is 19.2 Å². The van der Waals surface area contributed by atoms with E-state index in [1.165, 1.54) is 31.2 Å². The predicted octanol–water partition coefficient (Wildman–Crippen LogP) is -0.676. The van der Waals surface area contributed by atoms with Crippen molar-refractivity contribution in [1.82, 2.24) is 5.32 Å². The fraction of sp³-hybridized carbons (Fsp3) is 0.231. The topological polar surface area (TPSA) is 154 Å². The number of primary amides is 2. The zero-order valence-electron chi connectivity index (χ0n) is 11.8. The lowest BCUT2D eigenvalue weighted by Gasteiger charge is -2.11. The van der Waals surface area contributed by atoms with Gasteiger partial charge >= 0.3 is 12.0 Å². The number of carbonyl (C=O) groups excluding carboxylic acids is 4. The Kier molecular flexibility index (Phi) is 5.87. The molecule has 0 spiro atoms. The van der Waals surface area contributed by atoms with E-state index in [4.69, 9.17) is 16.2 Å². The van der Waals surface area contributed by atoms with Crippen LogP contribution in [0.5, 0.6) is 0 Å². The summed E-state index contributed by atoms with van der Waals surface area (Å²) in [7, 11) is 0. The molecule has 1 atom stereocenters. The van der Waals surface area contributed by atoms with Gasteiger partial charge in [0, 0.05) is 11.3 Å². The molecule has 0 radical (unpaired) electrons. The Morgan fingerprint density at radius 3 is 2.23 bits per heavy atom. The highest BCUT2D eigenvalue weighted by Crippen LogP contribution is 2.09. The Morgan fingerprint density at radius 1 is 1.14 bits per heavy atom. The van der Waals surface area contributed by atoms with Crippen molar-refractivity contribution in [1.29, 1.82) is 0 Å². The monoisotopic (exact) mass is 308 g/mol. The maximum atomic E-state index is 11.6. The van der Waals surface area contributed by atoms with E-state index in [-0.39, 0.29) is 0 Å². The largest absolute Gasteiger partial charge is 0.454 e. The second-order valence-corrected chi connectivity index (χ2v) is 4.33. The van der Waals surface area contributed by atoms with E-state index >= 15 is 0 Å². The molecule has 0 aromatic heterocycles. The molecular formula is C13H16N4O5. The lowest BCUT2D eigenvalue weighted by atomic mass is 10.2. The molecule has 0 aliphatic rings. The number of anilines is 1. The Morgan fingerprint density at radius 2 is 1.73 bits per heavy atom. The van der Waals surface area contributed by atoms with Gasteiger partial charge in [0.2, 0.25) is 5.91 Å². The number of carbonyl (C=O) groups is 4. The van der Waals surface area contributed by atoms with Gasteiger partial charge in [0.1, 0.15) is 6.04 Å². The van der Waals surface area contributed by atoms with Gasteiger partial charge in [-0.3, -0.25) is 9.59 Å². The number of rotatable bonds is 6. The van der Waals surface area contributed by atoms with Crippen LogP contribution >= 0.6 is 0 Å². The highest BCUT2D eigenvalue weighted by molar-refractivity contribution is 5.95. The van der Waals surface area contributed by atoms with E-state index in [2.05, 4.69) is 10.6 Å². The van der Waals surface area contributed by atoms with E-state index in [0.717, 1.165) is 0 Å². The van der Waals surface area contributed by atoms with Crippen molar-refractivity contribution in [2.24, 2.45) is 11.5 Å². The highest BCUT2D eigenvalue weighted by atomic mass is 16.5. The molecule has 22 heavy (non-hydrogen) atoms. The smallest absolute Gasteiger partial charge is 0.328 e. The Hall–Kier alpha value is -3.10. The van der Waals surface area contributed by atoms with Gasteiger partial charge in [0.15, 0.2) is 6.61 Å². The number of nitrogens with one attached hydrogen (secondary N) is 2. The van der Waals surface area contributed by atoms with Crippen LogP contribution in [-0.2, 0) is 14.3 Å². The van der Waals surface area contributed by atoms with Crippen molar-refractivity contribution in [3.05, 3.63) is 29.8 Å². The Balaban J connectivity index is 2.44. The second-order valence-electron chi connectivity index (χ2n) is 4.33. The summed E-state index contributed by atoms with van der Waals surface area (Å²) in [5, 5.41) is 4.58. The number of esters is 1. The minimum absolute atomic E-state index is 0.302. The fourth-order valence-electron chi connectivity index (χ4n) is 1.45. The van der Waals surface area contributed by atoms with E-state index in [0.29, 0.717) is 11.3 Å². The molecule has 0 saturated carbocycles. The number of ether oxygens (including phenoxy) is 1. The summed E-state index contributed by atoms with van der Waals surface area (Å²) in [6.45, 7) is 0.842. The molecule has 0 heterocycles. The molecule has 4 amide bonds. The van der Waals surface area contributed by atoms with Crippen LogP contribution in [0.4, 0.5) is 10.5 Å². The Labute approximate surface area is 126 Å². The van der Waals surface area contributed by atoms with Crippen LogP contribution < -0.4 is 22.1 Å². The second kappa shape index (κ2) is 7.62. The molecule has 0 aliphatic heterocycles. The van der Waals surface area contributed by atoms with Gasteiger partial charge in [-0.25, -0.2) is 9.59 Å². The van der Waals surface area contributed by atoms with Crippen molar-refractivity contribution in [2.45, 2.75) is 13.0 Å². The SMILES string of the molecule is C[C@H](NC(N)=O)C(=O)OCC(=O)Nc1ccc(C(N)=O)cc1. The zero-order valence-corrected chi connectivity index (χ0v) is 11.8. The Bertz CT molecular complexity index is 585. The molecule has 118 valence electrons. The molecule has 0 bridgehead atoms. The maximum absolute atomic E-state index is 11.6. The van der Waals surface area contributed by atoms with E-state index < -0.39 is 36.5 Å². The van der Waals surface area contributed by atoms with Gasteiger partial charge in [-0.15, -0.1) is 0 Å². The minimum Gasteiger partial charge on any atom is -0.454 e. The van der Waals surface area contributed by atoms with E-state index in [1.54, 1.807) is 0 Å². The standard InChI is InChI=1S/C13H16N4O5/c1-7(16-13(15)21)12(20)22-6-10(18)17-9-4-2-8(3-5-9)11(14)19/h2-5,7H,6H2,1H3,(H2,14,19)(H,17,18)(H3,15,16,21)/t7-/m0/s1. The van der Waals surface area contributed by atoms with Crippen molar-refractivity contribution >= 4 is 29.5 Å². The molecule has 1 rings (SSSR count). The summed E-state index contributed by atoms with van der Waals surface area (Å²) < 4.78 is 4.71. The first-order chi connectivity index (χ1) is 10.3. The lowest BCUT2D eigenvalue weighted by Crippen LogP contribution is -2.43. The zero-order chi connectivity index (χ0) is 16.7. The summed E-state index contributed by atoms with van der Waals surface area (Å²) in [6.07, 6.45) is 0. The van der Waals surface area contributed by atoms with Gasteiger partial charge in [-0.2, -0.15) is 0 Å². The predicted molar refractivity (Wildman–Crippen MR) is 76.7 cm³/mol. The molecule has 0 fully saturated rings. The molecule has 1 aromatic carbocycles. The first kappa shape index (κ1) is 17.0. The number of urea groups is 1. The van der Waals surface area contributed by atoms with Crippen molar-refractivity contribution < 1.29 is 23.9 Å². The normalized spacial score (nSPS) is 11.1. The van der Waals surface area contributed by atoms with Crippen LogP contribution in [0.1, 0.15) is 17.3 Å². The average Bonchev–Trinajstić information content (AvgIpc) is 2.44. The number of nitrogens with two attached hydrogens (primary N) is 2. The third kappa shape index (κ3) is 5.49. The molecule has 9 heteroatoms. The van der Waals surface area contributed by atoms with Crippen molar-refractivity contribution in [2.75, 3.05) is 11.9 Å². The third-order valence-electron chi connectivity index (χ3n) is 2.51. The number of benzene rings is 1. The van der Waals surface area contributed by atoms with Crippen LogP contribution in [0.2, 0.25) is 0 Å². The van der Waals surface area contributed by atoms with Gasteiger partial charge in [0.25, 0.3) is 5.91 Å². The quantitative estimate of drug-likeness (QED) is 0.513. The highest BCUT2D eigenvalue weighted by Gasteiger charge is 2.17. The van der Waals surface area contributed by atoms with E-state index in [1.807, 2.05) is 0 Å². The maximum Gasteiger partial charge on any atom is 0.328 e. The number of hydrogen-bond donors (Lipinski definition) is 4. The number of amides is 4. The van der Waals surface area contributed by atoms with Crippen LogP contribution in [0.25, 0.3) is 0 Å². The third-order valence-corrected chi connectivity index (χ3v) is 2.51. The molecule has 6 N–H and O–H groups in total. The molecule has 0 saturated heterocycles. The van der Waals surface area contributed by atoms with Crippen molar-refractivity contribution in [3.63, 3.8) is 0 Å². The average molecular weight is 308 g/mol. The first-order valence-electron chi connectivity index (χ1n) is 6.22. The van der Waals surface area contributed by atoms with Crippen LogP contribution in [0, 0.1) is 0 Å². The summed E-state index contributed by atoms with van der Waals surface area (Å²) in [4.78, 5) is 44.5. The van der Waals surface area contributed by atoms with Crippen LogP contribution in [0.3, 0.4) is 0 Å². The van der Waals surface area contributed by atoms with Gasteiger partial charge in [-0.05, 0) is 31.2 Å². The van der Waals surface area contributed by atoms with Gasteiger partial charge in [-0.1, -0.05) is 0 Å². The fourth-order valence-corrected chi connectivity index (χ4v) is 1.45. The first-order valence-corrected chi connectivity index (χ1v) is 6.22. The van der Waals surface area contributed by atoms with Gasteiger partial charge < -0.3 is 26.8 Å². The molecule has 1 aromatic rings. The molecular weight excluding hydrogens is 292 g/mol. The molecule has 9 nitrogen and oxygen atoms in total. The lowest BCUT2D eigenvalue weighted by molar-refractivity contribution is -0.148. The summed E-state index contributed by atoms with van der Waals surface area (Å²) in [5.41, 5.74) is 10.7. The number of hydrogen-bond acceptors (Lipinski definition) is 5. The molecule has 0 unspecified atom stereocenters. The van der Waals surface area contributed by atoms with Crippen LogP contribution in [-0.4, -0.2) is 36.5 Å². The van der Waals surface area contributed by atoms with Crippen LogP contribution in [0.15, 0.2) is 24.3 Å². The minimum atomic E-state index is -0.958. The van der Waals surface area contributed by atoms with Gasteiger partial charge in [0.05, 0.1) is 0 Å². The summed E-state index contributed by atoms with van der Waals surface area (Å²) >= 11 is 0. The molecule has 0 aliphatic carbocycles.